The van der Waals surface area contributed by atoms with E-state index < -0.39 is 5.97 Å². The van der Waals surface area contributed by atoms with Crippen molar-refractivity contribution in [2.24, 2.45) is 0 Å². The number of unbranched alkanes of at least 4 members (excludes halogenated alkanes) is 2. The molecule has 0 unspecified atom stereocenters. The molecule has 0 spiro atoms. The maximum Gasteiger partial charge on any atom is 0.323 e. The molecule has 0 amide bonds. The molecule has 4 aromatic rings. The number of fused-ring (bicyclic) bond motifs is 3. The Kier molecular flexibility index (Phi) is 6.93. The molecule has 0 radical (unpaired) electrons. The molecule has 0 saturated carbocycles. The first-order valence-corrected chi connectivity index (χ1v) is 11.1. The van der Waals surface area contributed by atoms with Gasteiger partial charge in [-0.05, 0) is 68.7 Å². The van der Waals surface area contributed by atoms with Crippen LogP contribution in [0.2, 0.25) is 0 Å². The van der Waals surface area contributed by atoms with Gasteiger partial charge in [0.2, 0.25) is 0 Å². The van der Waals surface area contributed by atoms with Crippen molar-refractivity contribution in [3.63, 3.8) is 0 Å². The van der Waals surface area contributed by atoms with Crippen LogP contribution in [0, 0.1) is 0 Å². The fourth-order valence-electron chi connectivity index (χ4n) is 3.97. The van der Waals surface area contributed by atoms with E-state index in [9.17, 15) is 14.7 Å². The number of hydrogen-bond donors (Lipinski definition) is 1. The Morgan fingerprint density at radius 1 is 0.788 bits per heavy atom. The summed E-state index contributed by atoms with van der Waals surface area (Å²) in [6, 6.07) is 20.9. The second kappa shape index (κ2) is 10.2. The van der Waals surface area contributed by atoms with Crippen molar-refractivity contribution in [1.29, 1.82) is 0 Å². The SMILES string of the molecule is CC(=O)c1ccc(OCCCCCOc2ccc3c4ccccc4n(CC(=O)O)c3c2)cc1. The number of carbonyl (C=O) groups is 2. The van der Waals surface area contributed by atoms with E-state index in [0.717, 1.165) is 52.6 Å². The lowest BCUT2D eigenvalue weighted by Gasteiger charge is -2.09. The molecule has 0 saturated heterocycles. The van der Waals surface area contributed by atoms with Crippen molar-refractivity contribution < 1.29 is 24.2 Å². The second-order valence-corrected chi connectivity index (χ2v) is 8.01. The van der Waals surface area contributed by atoms with Gasteiger partial charge in [0.25, 0.3) is 0 Å². The zero-order chi connectivity index (χ0) is 23.2. The van der Waals surface area contributed by atoms with Crippen molar-refractivity contribution in [1.82, 2.24) is 4.57 Å². The van der Waals surface area contributed by atoms with Crippen molar-refractivity contribution in [3.8, 4) is 11.5 Å². The van der Waals surface area contributed by atoms with Gasteiger partial charge in [0.1, 0.15) is 18.0 Å². The third kappa shape index (κ3) is 5.34. The van der Waals surface area contributed by atoms with E-state index in [0.29, 0.717) is 18.8 Å². The quantitative estimate of drug-likeness (QED) is 0.236. The molecule has 0 fully saturated rings. The first-order chi connectivity index (χ1) is 16.0. The minimum absolute atomic E-state index is 0.0454. The monoisotopic (exact) mass is 445 g/mol. The molecule has 0 bridgehead atoms. The van der Waals surface area contributed by atoms with Crippen LogP contribution in [0.15, 0.2) is 66.7 Å². The van der Waals surface area contributed by atoms with Gasteiger partial charge >= 0.3 is 5.97 Å². The number of para-hydroxylation sites is 1. The standard InChI is InChI=1S/C27H27NO5/c1-19(29)20-9-11-21(12-10-20)32-15-5-2-6-16-33-22-13-14-24-23-7-3-4-8-25(23)28(18-27(30)31)26(24)17-22/h3-4,7-14,17H,2,5-6,15-16,18H2,1H3,(H,30,31). The number of ether oxygens (including phenoxy) is 2. The first kappa shape index (κ1) is 22.4. The topological polar surface area (TPSA) is 77.8 Å². The molecule has 6 nitrogen and oxygen atoms in total. The lowest BCUT2D eigenvalue weighted by atomic mass is 10.1. The molecule has 1 heterocycles. The summed E-state index contributed by atoms with van der Waals surface area (Å²) in [6.07, 6.45) is 2.76. The van der Waals surface area contributed by atoms with Crippen LogP contribution in [0.3, 0.4) is 0 Å². The third-order valence-electron chi connectivity index (χ3n) is 5.63. The van der Waals surface area contributed by atoms with Crippen molar-refractivity contribution in [2.45, 2.75) is 32.7 Å². The molecule has 0 aliphatic carbocycles. The fraction of sp³-hybridized carbons (Fsp3) is 0.259. The minimum Gasteiger partial charge on any atom is -0.494 e. The molecule has 33 heavy (non-hydrogen) atoms. The zero-order valence-electron chi connectivity index (χ0n) is 18.6. The maximum absolute atomic E-state index is 11.4. The van der Waals surface area contributed by atoms with Crippen LogP contribution in [-0.2, 0) is 11.3 Å². The van der Waals surface area contributed by atoms with E-state index in [1.54, 1.807) is 19.1 Å². The first-order valence-electron chi connectivity index (χ1n) is 11.1. The summed E-state index contributed by atoms with van der Waals surface area (Å²) in [4.78, 5) is 22.7. The van der Waals surface area contributed by atoms with Gasteiger partial charge < -0.3 is 19.1 Å². The van der Waals surface area contributed by atoms with Gasteiger partial charge in [-0.1, -0.05) is 18.2 Å². The van der Waals surface area contributed by atoms with Crippen LogP contribution in [-0.4, -0.2) is 34.6 Å². The average molecular weight is 446 g/mol. The van der Waals surface area contributed by atoms with Crippen LogP contribution in [0.4, 0.5) is 0 Å². The van der Waals surface area contributed by atoms with Gasteiger partial charge in [0, 0.05) is 27.9 Å². The molecule has 0 atom stereocenters. The Balaban J connectivity index is 1.28. The number of aliphatic carboxylic acids is 1. The predicted octanol–water partition coefficient (Wildman–Crippen LogP) is 5.71. The summed E-state index contributed by atoms with van der Waals surface area (Å²) in [7, 11) is 0. The van der Waals surface area contributed by atoms with E-state index in [2.05, 4.69) is 0 Å². The number of ketones is 1. The van der Waals surface area contributed by atoms with Crippen LogP contribution >= 0.6 is 0 Å². The highest BCUT2D eigenvalue weighted by atomic mass is 16.5. The Morgan fingerprint density at radius 3 is 2.12 bits per heavy atom. The molecule has 1 N–H and O–H groups in total. The van der Waals surface area contributed by atoms with E-state index >= 15 is 0 Å². The highest BCUT2D eigenvalue weighted by Crippen LogP contribution is 2.31. The van der Waals surface area contributed by atoms with E-state index in [1.165, 1.54) is 0 Å². The summed E-state index contributed by atoms with van der Waals surface area (Å²) in [5, 5.41) is 11.4. The van der Waals surface area contributed by atoms with Gasteiger partial charge in [-0.2, -0.15) is 0 Å². The minimum atomic E-state index is -0.874. The van der Waals surface area contributed by atoms with Crippen LogP contribution < -0.4 is 9.47 Å². The van der Waals surface area contributed by atoms with E-state index in [-0.39, 0.29) is 12.3 Å². The average Bonchev–Trinajstić information content (AvgIpc) is 3.11. The molecule has 1 aromatic heterocycles. The molecule has 4 rings (SSSR count). The van der Waals surface area contributed by atoms with Gasteiger partial charge in [0.05, 0.1) is 18.7 Å². The Morgan fingerprint density at radius 2 is 1.42 bits per heavy atom. The predicted molar refractivity (Wildman–Crippen MR) is 128 cm³/mol. The Bertz CT molecular complexity index is 1270. The summed E-state index contributed by atoms with van der Waals surface area (Å²) in [5.41, 5.74) is 2.45. The van der Waals surface area contributed by atoms with Crippen LogP contribution in [0.25, 0.3) is 21.8 Å². The molecule has 170 valence electrons. The summed E-state index contributed by atoms with van der Waals surface area (Å²) < 4.78 is 13.5. The molecular weight excluding hydrogens is 418 g/mol. The van der Waals surface area contributed by atoms with Gasteiger partial charge in [0.15, 0.2) is 5.78 Å². The number of Topliss-reactive ketones (excluding diaryl/α,β-unsaturated/α-hetero) is 1. The van der Waals surface area contributed by atoms with Gasteiger partial charge in [-0.3, -0.25) is 9.59 Å². The van der Waals surface area contributed by atoms with Crippen molar-refractivity contribution in [3.05, 3.63) is 72.3 Å². The molecule has 3 aromatic carbocycles. The highest BCUT2D eigenvalue weighted by molar-refractivity contribution is 6.08. The number of nitrogens with zero attached hydrogens (tertiary/aromatic N) is 1. The van der Waals surface area contributed by atoms with E-state index in [1.807, 2.05) is 59.2 Å². The van der Waals surface area contributed by atoms with E-state index in [4.69, 9.17) is 9.47 Å². The largest absolute Gasteiger partial charge is 0.494 e. The summed E-state index contributed by atoms with van der Waals surface area (Å²) in [6.45, 7) is 2.65. The van der Waals surface area contributed by atoms with Crippen molar-refractivity contribution in [2.75, 3.05) is 13.2 Å². The lowest BCUT2D eigenvalue weighted by Crippen LogP contribution is -2.08. The number of rotatable bonds is 11. The smallest absolute Gasteiger partial charge is 0.323 e. The van der Waals surface area contributed by atoms with Crippen LogP contribution in [0.5, 0.6) is 11.5 Å². The second-order valence-electron chi connectivity index (χ2n) is 8.01. The number of carbonyl (C=O) groups excluding carboxylic acids is 1. The number of aromatic nitrogens is 1. The normalized spacial score (nSPS) is 11.1. The summed E-state index contributed by atoms with van der Waals surface area (Å²) in [5.74, 6) is 0.671. The molecule has 0 aliphatic heterocycles. The number of benzene rings is 3. The van der Waals surface area contributed by atoms with Gasteiger partial charge in [-0.15, -0.1) is 0 Å². The molecular formula is C27H27NO5. The zero-order valence-corrected chi connectivity index (χ0v) is 18.6. The third-order valence-corrected chi connectivity index (χ3v) is 5.63. The molecule has 6 heteroatoms. The van der Waals surface area contributed by atoms with Crippen LogP contribution in [0.1, 0.15) is 36.5 Å². The number of carboxylic acids is 1. The summed E-state index contributed by atoms with van der Waals surface area (Å²) >= 11 is 0. The fourth-order valence-corrected chi connectivity index (χ4v) is 3.97. The molecule has 0 aliphatic rings. The number of carboxylic acid groups (broad SMARTS) is 1. The Labute approximate surface area is 192 Å². The number of hydrogen-bond acceptors (Lipinski definition) is 4. The lowest BCUT2D eigenvalue weighted by molar-refractivity contribution is -0.137. The van der Waals surface area contributed by atoms with Gasteiger partial charge in [-0.25, -0.2) is 0 Å². The highest BCUT2D eigenvalue weighted by Gasteiger charge is 2.13. The Hall–Kier alpha value is -3.80. The maximum atomic E-state index is 11.4. The van der Waals surface area contributed by atoms with Crippen molar-refractivity contribution >= 4 is 33.6 Å².